The Bertz CT molecular complexity index is 694. The molecule has 0 fully saturated rings. The molecular formula is C15H18N2O4. The minimum atomic E-state index is -0.475. The first-order valence-corrected chi connectivity index (χ1v) is 6.83. The van der Waals surface area contributed by atoms with Crippen LogP contribution in [-0.4, -0.2) is 35.3 Å². The Morgan fingerprint density at radius 2 is 2.05 bits per heavy atom. The number of esters is 1. The molecule has 112 valence electrons. The number of aryl methyl sites for hydroxylation is 1. The van der Waals surface area contributed by atoms with Gasteiger partial charge in [0.2, 0.25) is 0 Å². The van der Waals surface area contributed by atoms with Gasteiger partial charge in [-0.05, 0) is 26.0 Å². The lowest BCUT2D eigenvalue weighted by molar-refractivity contribution is -0.146. The highest BCUT2D eigenvalue weighted by molar-refractivity contribution is 5.78. The van der Waals surface area contributed by atoms with E-state index in [1.165, 1.54) is 4.57 Å². The predicted molar refractivity (Wildman–Crippen MR) is 78.2 cm³/mol. The van der Waals surface area contributed by atoms with Gasteiger partial charge in [0.25, 0.3) is 5.56 Å². The average Bonchev–Trinajstić information content (AvgIpc) is 2.48. The van der Waals surface area contributed by atoms with Crippen molar-refractivity contribution in [3.63, 3.8) is 0 Å². The number of para-hydroxylation sites is 1. The first-order valence-electron chi connectivity index (χ1n) is 6.83. The highest BCUT2D eigenvalue weighted by atomic mass is 16.6. The fraction of sp³-hybridized carbons (Fsp3) is 0.400. The molecule has 0 amide bonds. The van der Waals surface area contributed by atoms with E-state index in [-0.39, 0.29) is 18.7 Å². The fourth-order valence-electron chi connectivity index (χ4n) is 2.00. The van der Waals surface area contributed by atoms with Crippen LogP contribution in [0.1, 0.15) is 12.7 Å². The maximum absolute atomic E-state index is 12.4. The quantitative estimate of drug-likeness (QED) is 0.592. The zero-order valence-electron chi connectivity index (χ0n) is 12.2. The molecule has 0 aliphatic heterocycles. The molecular weight excluding hydrogens is 272 g/mol. The smallest absolute Gasteiger partial charge is 0.326 e. The van der Waals surface area contributed by atoms with Crippen LogP contribution in [-0.2, 0) is 20.8 Å². The van der Waals surface area contributed by atoms with E-state index in [1.54, 1.807) is 25.1 Å². The molecule has 0 N–H and O–H groups in total. The van der Waals surface area contributed by atoms with E-state index in [2.05, 4.69) is 4.98 Å². The Balaban J connectivity index is 2.15. The van der Waals surface area contributed by atoms with Gasteiger partial charge in [0.05, 0.1) is 17.5 Å². The van der Waals surface area contributed by atoms with Crippen molar-refractivity contribution in [3.05, 3.63) is 40.4 Å². The summed E-state index contributed by atoms with van der Waals surface area (Å²) in [5.41, 5.74) is 0.390. The first-order chi connectivity index (χ1) is 10.1. The average molecular weight is 290 g/mol. The summed E-state index contributed by atoms with van der Waals surface area (Å²) in [6.07, 6.45) is 0. The third-order valence-corrected chi connectivity index (χ3v) is 3.03. The number of benzene rings is 1. The molecule has 0 saturated heterocycles. The number of carbonyl (C=O) groups excluding carboxylic acids is 1. The molecule has 0 aliphatic rings. The van der Waals surface area contributed by atoms with E-state index in [4.69, 9.17) is 9.47 Å². The maximum atomic E-state index is 12.4. The molecule has 6 heteroatoms. The zero-order chi connectivity index (χ0) is 15.2. The van der Waals surface area contributed by atoms with Crippen LogP contribution in [0.2, 0.25) is 0 Å². The highest BCUT2D eigenvalue weighted by Gasteiger charge is 2.12. The van der Waals surface area contributed by atoms with E-state index in [1.807, 2.05) is 13.0 Å². The largest absolute Gasteiger partial charge is 0.462 e. The minimum absolute atomic E-state index is 0.144. The number of ether oxygens (including phenoxy) is 2. The van der Waals surface area contributed by atoms with Crippen LogP contribution >= 0.6 is 0 Å². The van der Waals surface area contributed by atoms with Crippen LogP contribution < -0.4 is 5.56 Å². The van der Waals surface area contributed by atoms with Gasteiger partial charge >= 0.3 is 5.97 Å². The summed E-state index contributed by atoms with van der Waals surface area (Å²) in [5, 5.41) is 0.491. The topological polar surface area (TPSA) is 70.4 Å². The van der Waals surface area contributed by atoms with Crippen LogP contribution in [0.3, 0.4) is 0 Å². The van der Waals surface area contributed by atoms with E-state index >= 15 is 0 Å². The van der Waals surface area contributed by atoms with Crippen molar-refractivity contribution < 1.29 is 14.3 Å². The number of hydrogen-bond donors (Lipinski definition) is 0. The van der Waals surface area contributed by atoms with Crippen molar-refractivity contribution in [1.29, 1.82) is 0 Å². The molecule has 0 spiro atoms. The van der Waals surface area contributed by atoms with E-state index in [0.717, 1.165) is 0 Å². The number of nitrogens with zero attached hydrogens (tertiary/aromatic N) is 2. The summed E-state index contributed by atoms with van der Waals surface area (Å²) in [5.74, 6) is 0.0115. The lowest BCUT2D eigenvalue weighted by Gasteiger charge is -2.10. The Kier molecular flexibility index (Phi) is 5.05. The predicted octanol–water partition coefficient (Wildman–Crippen LogP) is 1.28. The van der Waals surface area contributed by atoms with Gasteiger partial charge < -0.3 is 9.47 Å². The van der Waals surface area contributed by atoms with Crippen molar-refractivity contribution in [2.24, 2.45) is 0 Å². The number of fused-ring (bicyclic) bond motifs is 1. The SMILES string of the molecule is CCOCCOC(=O)Cn1c(C)nc2ccccc2c1=O. The van der Waals surface area contributed by atoms with E-state index < -0.39 is 5.97 Å². The summed E-state index contributed by atoms with van der Waals surface area (Å²) in [6.45, 7) is 4.53. The second-order valence-corrected chi connectivity index (χ2v) is 4.48. The van der Waals surface area contributed by atoms with Crippen molar-refractivity contribution in [3.8, 4) is 0 Å². The van der Waals surface area contributed by atoms with Crippen molar-refractivity contribution in [2.75, 3.05) is 19.8 Å². The molecule has 1 aromatic carbocycles. The first kappa shape index (κ1) is 15.2. The number of rotatable bonds is 6. The summed E-state index contributed by atoms with van der Waals surface area (Å²) >= 11 is 0. The lowest BCUT2D eigenvalue weighted by Crippen LogP contribution is -2.28. The zero-order valence-corrected chi connectivity index (χ0v) is 12.2. The summed E-state index contributed by atoms with van der Waals surface area (Å²) in [7, 11) is 0. The number of hydrogen-bond acceptors (Lipinski definition) is 5. The van der Waals surface area contributed by atoms with Crippen LogP contribution in [0.25, 0.3) is 10.9 Å². The summed E-state index contributed by atoms with van der Waals surface area (Å²) in [4.78, 5) is 28.4. The Morgan fingerprint density at radius 3 is 2.81 bits per heavy atom. The maximum Gasteiger partial charge on any atom is 0.326 e. The van der Waals surface area contributed by atoms with Crippen LogP contribution in [0, 0.1) is 6.92 Å². The molecule has 0 saturated carbocycles. The van der Waals surface area contributed by atoms with Gasteiger partial charge in [-0.25, -0.2) is 4.98 Å². The third-order valence-electron chi connectivity index (χ3n) is 3.03. The monoisotopic (exact) mass is 290 g/mol. The lowest BCUT2D eigenvalue weighted by atomic mass is 10.2. The molecule has 1 heterocycles. The molecule has 21 heavy (non-hydrogen) atoms. The molecule has 6 nitrogen and oxygen atoms in total. The number of carbonyl (C=O) groups is 1. The van der Waals surface area contributed by atoms with E-state index in [9.17, 15) is 9.59 Å². The molecule has 0 aliphatic carbocycles. The van der Waals surface area contributed by atoms with Gasteiger partial charge in [-0.15, -0.1) is 0 Å². The Labute approximate surface area is 122 Å². The number of aromatic nitrogens is 2. The molecule has 2 rings (SSSR count). The van der Waals surface area contributed by atoms with Gasteiger partial charge in [-0.2, -0.15) is 0 Å². The standard InChI is InChI=1S/C15H18N2O4/c1-3-20-8-9-21-14(18)10-17-11(2)16-13-7-5-4-6-12(13)15(17)19/h4-7H,3,8-10H2,1-2H3. The third kappa shape index (κ3) is 3.66. The van der Waals surface area contributed by atoms with Crippen molar-refractivity contribution in [2.45, 2.75) is 20.4 Å². The summed E-state index contributed by atoms with van der Waals surface area (Å²) < 4.78 is 11.4. The fourth-order valence-corrected chi connectivity index (χ4v) is 2.00. The molecule has 0 radical (unpaired) electrons. The van der Waals surface area contributed by atoms with Gasteiger partial charge in [0.15, 0.2) is 0 Å². The molecule has 0 bridgehead atoms. The second kappa shape index (κ2) is 6.99. The van der Waals surface area contributed by atoms with E-state index in [0.29, 0.717) is 29.9 Å². The summed E-state index contributed by atoms with van der Waals surface area (Å²) in [6, 6.07) is 7.06. The second-order valence-electron chi connectivity index (χ2n) is 4.48. The highest BCUT2D eigenvalue weighted by Crippen LogP contribution is 2.07. The van der Waals surface area contributed by atoms with Crippen LogP contribution in [0.15, 0.2) is 29.1 Å². The Morgan fingerprint density at radius 1 is 1.29 bits per heavy atom. The van der Waals surface area contributed by atoms with Gasteiger partial charge in [-0.3, -0.25) is 14.2 Å². The Hall–Kier alpha value is -2.21. The van der Waals surface area contributed by atoms with Gasteiger partial charge in [0.1, 0.15) is 19.0 Å². The van der Waals surface area contributed by atoms with Crippen molar-refractivity contribution >= 4 is 16.9 Å². The molecule has 0 unspecified atom stereocenters. The van der Waals surface area contributed by atoms with Crippen LogP contribution in [0.5, 0.6) is 0 Å². The van der Waals surface area contributed by atoms with Crippen LogP contribution in [0.4, 0.5) is 0 Å². The normalized spacial score (nSPS) is 10.8. The molecule has 1 aromatic heterocycles. The van der Waals surface area contributed by atoms with Gasteiger partial charge in [0, 0.05) is 6.61 Å². The minimum Gasteiger partial charge on any atom is -0.462 e. The van der Waals surface area contributed by atoms with Crippen molar-refractivity contribution in [1.82, 2.24) is 9.55 Å². The van der Waals surface area contributed by atoms with Gasteiger partial charge in [-0.1, -0.05) is 12.1 Å². The molecule has 0 atom stereocenters. The molecule has 2 aromatic rings.